The predicted molar refractivity (Wildman–Crippen MR) is 91.5 cm³/mol. The van der Waals surface area contributed by atoms with Gasteiger partial charge in [-0.15, -0.1) is 0 Å². The van der Waals surface area contributed by atoms with Crippen molar-refractivity contribution in [3.63, 3.8) is 0 Å². The van der Waals surface area contributed by atoms with E-state index in [1.807, 2.05) is 30.4 Å². The minimum absolute atomic E-state index is 0.136. The summed E-state index contributed by atoms with van der Waals surface area (Å²) in [6.07, 6.45) is 5.79. The number of fused-ring (bicyclic) bond motifs is 1. The molecular weight excluding hydrogens is 358 g/mol. The Labute approximate surface area is 142 Å². The predicted octanol–water partition coefficient (Wildman–Crippen LogP) is 3.19. The summed E-state index contributed by atoms with van der Waals surface area (Å²) in [6, 6.07) is 5.91. The Morgan fingerprint density at radius 3 is 2.61 bits per heavy atom. The van der Waals surface area contributed by atoms with E-state index >= 15 is 0 Å². The quantitative estimate of drug-likeness (QED) is 0.884. The fourth-order valence-corrected chi connectivity index (χ4v) is 3.36. The molecule has 23 heavy (non-hydrogen) atoms. The van der Waals surface area contributed by atoms with E-state index in [-0.39, 0.29) is 11.8 Å². The van der Waals surface area contributed by atoms with Gasteiger partial charge in [0.1, 0.15) is 17.5 Å². The number of halogens is 1. The first kappa shape index (κ1) is 15.4. The van der Waals surface area contributed by atoms with E-state index in [1.165, 1.54) is 0 Å². The molecule has 0 bridgehead atoms. The molecule has 1 unspecified atom stereocenters. The van der Waals surface area contributed by atoms with Crippen LogP contribution in [0.5, 0.6) is 11.5 Å². The highest BCUT2D eigenvalue weighted by Crippen LogP contribution is 2.45. The summed E-state index contributed by atoms with van der Waals surface area (Å²) in [5.74, 6) is 1.39. The molecule has 0 saturated heterocycles. The first-order chi connectivity index (χ1) is 11.1. The molecule has 1 atom stereocenters. The average Bonchev–Trinajstić information content (AvgIpc) is 2.89. The molecule has 5 nitrogen and oxygen atoms in total. The molecule has 1 aliphatic carbocycles. The maximum absolute atomic E-state index is 9.42. The third-order valence-electron chi connectivity index (χ3n) is 3.86. The number of allylic oxidation sites excluding steroid dienone is 4. The molecule has 6 heteroatoms. The normalized spacial score (nSPS) is 19.0. The van der Waals surface area contributed by atoms with Gasteiger partial charge in [-0.25, -0.2) is 4.99 Å². The summed E-state index contributed by atoms with van der Waals surface area (Å²) in [5, 5.41) is 9.42. The van der Waals surface area contributed by atoms with Gasteiger partial charge in [0.25, 0.3) is 0 Å². The summed E-state index contributed by atoms with van der Waals surface area (Å²) >= 11 is 3.58. The molecule has 1 aromatic rings. The number of nitriles is 1. The Balaban J connectivity index is 2.17. The van der Waals surface area contributed by atoms with Gasteiger partial charge >= 0.3 is 0 Å². The van der Waals surface area contributed by atoms with E-state index in [4.69, 9.17) is 15.2 Å². The van der Waals surface area contributed by atoms with Crippen molar-refractivity contribution in [3.8, 4) is 17.6 Å². The average molecular weight is 372 g/mol. The Morgan fingerprint density at radius 2 is 1.96 bits per heavy atom. The Bertz CT molecular complexity index is 844. The van der Waals surface area contributed by atoms with Gasteiger partial charge in [0.05, 0.1) is 19.9 Å². The number of hydrogen-bond acceptors (Lipinski definition) is 5. The van der Waals surface area contributed by atoms with Crippen molar-refractivity contribution in [1.29, 1.82) is 5.26 Å². The second-order valence-electron chi connectivity index (χ2n) is 5.04. The van der Waals surface area contributed by atoms with Gasteiger partial charge < -0.3 is 15.2 Å². The van der Waals surface area contributed by atoms with Crippen molar-refractivity contribution in [2.45, 2.75) is 5.92 Å². The molecule has 1 heterocycles. The van der Waals surface area contributed by atoms with Crippen molar-refractivity contribution in [1.82, 2.24) is 0 Å². The highest BCUT2D eigenvalue weighted by atomic mass is 79.9. The number of nitrogens with two attached hydrogens (primary N) is 1. The Kier molecular flexibility index (Phi) is 3.97. The molecular formula is C17H14BrN3O2. The zero-order chi connectivity index (χ0) is 16.6. The smallest absolute Gasteiger partial charge is 0.161 e. The van der Waals surface area contributed by atoms with Crippen LogP contribution in [0.15, 0.2) is 56.7 Å². The Morgan fingerprint density at radius 1 is 1.26 bits per heavy atom. The van der Waals surface area contributed by atoms with Crippen molar-refractivity contribution < 1.29 is 9.47 Å². The van der Waals surface area contributed by atoms with Gasteiger partial charge in [-0.05, 0) is 23.8 Å². The Hall–Kier alpha value is -2.52. The summed E-state index contributed by atoms with van der Waals surface area (Å²) in [4.78, 5) is 4.28. The van der Waals surface area contributed by atoms with Crippen molar-refractivity contribution >= 4 is 21.8 Å². The van der Waals surface area contributed by atoms with E-state index in [1.54, 1.807) is 14.2 Å². The zero-order valence-corrected chi connectivity index (χ0v) is 14.2. The molecule has 0 aromatic heterocycles. The number of hydrogen-bond donors (Lipinski definition) is 1. The lowest BCUT2D eigenvalue weighted by Gasteiger charge is -2.21. The monoisotopic (exact) mass is 371 g/mol. The minimum Gasteiger partial charge on any atom is -0.493 e. The third kappa shape index (κ3) is 2.43. The molecule has 2 N–H and O–H groups in total. The van der Waals surface area contributed by atoms with Crippen LogP contribution in [0.4, 0.5) is 0 Å². The fraction of sp³-hybridized carbons (Fsp3) is 0.176. The van der Waals surface area contributed by atoms with Crippen molar-refractivity contribution in [2.75, 3.05) is 14.2 Å². The number of rotatable bonds is 3. The van der Waals surface area contributed by atoms with Crippen LogP contribution in [0.3, 0.4) is 0 Å². The van der Waals surface area contributed by atoms with E-state index in [0.29, 0.717) is 17.1 Å². The first-order valence-electron chi connectivity index (χ1n) is 6.89. The maximum Gasteiger partial charge on any atom is 0.161 e. The SMILES string of the molecule is COc1cc(Br)c(C2C=CC=C3N=C(N)C(C#N)=C32)cc1OC. The van der Waals surface area contributed by atoms with Crippen LogP contribution in [-0.4, -0.2) is 20.1 Å². The molecule has 0 amide bonds. The molecule has 2 aliphatic rings. The molecule has 0 saturated carbocycles. The van der Waals surface area contributed by atoms with E-state index in [2.05, 4.69) is 27.0 Å². The van der Waals surface area contributed by atoms with Crippen LogP contribution in [0.1, 0.15) is 11.5 Å². The van der Waals surface area contributed by atoms with Gasteiger partial charge in [-0.3, -0.25) is 0 Å². The summed E-state index contributed by atoms with van der Waals surface area (Å²) in [5.41, 5.74) is 8.80. The number of methoxy groups -OCH3 is 2. The second kappa shape index (κ2) is 5.94. The highest BCUT2D eigenvalue weighted by Gasteiger charge is 2.31. The standard InChI is InChI=1S/C17H14BrN3O2/c1-22-14-6-10(12(18)7-15(14)23-2)9-4-3-5-13-16(9)11(8-19)17(20)21-13/h3-7,9H,1-2H3,(H2,20,21). The zero-order valence-electron chi connectivity index (χ0n) is 12.6. The maximum atomic E-state index is 9.42. The van der Waals surface area contributed by atoms with Gasteiger partial charge in [-0.2, -0.15) is 5.26 Å². The third-order valence-corrected chi connectivity index (χ3v) is 4.55. The molecule has 116 valence electrons. The lowest BCUT2D eigenvalue weighted by atomic mass is 9.84. The number of nitrogens with zero attached hydrogens (tertiary/aromatic N) is 2. The number of aliphatic imine (C=N–C) groups is 1. The van der Waals surface area contributed by atoms with Crippen LogP contribution >= 0.6 is 15.9 Å². The first-order valence-corrected chi connectivity index (χ1v) is 7.69. The summed E-state index contributed by atoms with van der Waals surface area (Å²) < 4.78 is 11.6. The number of ether oxygens (including phenoxy) is 2. The summed E-state index contributed by atoms with van der Waals surface area (Å²) in [7, 11) is 3.18. The second-order valence-corrected chi connectivity index (χ2v) is 5.90. The molecule has 0 fully saturated rings. The van der Waals surface area contributed by atoms with Crippen LogP contribution in [0.2, 0.25) is 0 Å². The van der Waals surface area contributed by atoms with Gasteiger partial charge in [0.15, 0.2) is 11.5 Å². The minimum atomic E-state index is -0.136. The van der Waals surface area contributed by atoms with E-state index in [9.17, 15) is 5.26 Å². The lowest BCUT2D eigenvalue weighted by molar-refractivity contribution is 0.354. The van der Waals surface area contributed by atoms with E-state index in [0.717, 1.165) is 21.3 Å². The topological polar surface area (TPSA) is 80.6 Å². The van der Waals surface area contributed by atoms with Gasteiger partial charge in [0, 0.05) is 16.0 Å². The largest absolute Gasteiger partial charge is 0.493 e. The molecule has 1 aromatic carbocycles. The highest BCUT2D eigenvalue weighted by molar-refractivity contribution is 9.10. The fourth-order valence-electron chi connectivity index (χ4n) is 2.79. The van der Waals surface area contributed by atoms with Crippen LogP contribution in [0.25, 0.3) is 0 Å². The van der Waals surface area contributed by atoms with Crippen LogP contribution in [-0.2, 0) is 0 Å². The lowest BCUT2D eigenvalue weighted by Crippen LogP contribution is -2.13. The van der Waals surface area contributed by atoms with Gasteiger partial charge in [0.2, 0.25) is 0 Å². The molecule has 1 aliphatic heterocycles. The van der Waals surface area contributed by atoms with Gasteiger partial charge in [-0.1, -0.05) is 28.1 Å². The van der Waals surface area contributed by atoms with Crippen LogP contribution in [0, 0.1) is 11.3 Å². The number of amidine groups is 1. The molecule has 0 spiro atoms. The van der Waals surface area contributed by atoms with Crippen molar-refractivity contribution in [2.24, 2.45) is 10.7 Å². The number of benzene rings is 1. The van der Waals surface area contributed by atoms with Crippen molar-refractivity contribution in [3.05, 3.63) is 57.2 Å². The van der Waals surface area contributed by atoms with E-state index < -0.39 is 0 Å². The van der Waals surface area contributed by atoms with Crippen LogP contribution < -0.4 is 15.2 Å². The molecule has 0 radical (unpaired) electrons. The molecule has 3 rings (SSSR count). The summed E-state index contributed by atoms with van der Waals surface area (Å²) in [6.45, 7) is 0.